The lowest BCUT2D eigenvalue weighted by atomic mass is 9.98. The summed E-state index contributed by atoms with van der Waals surface area (Å²) < 4.78 is 5.17. The molecule has 0 spiro atoms. The van der Waals surface area contributed by atoms with Crippen LogP contribution in [0.5, 0.6) is 0 Å². The van der Waals surface area contributed by atoms with Crippen molar-refractivity contribution in [2.24, 2.45) is 0 Å². The van der Waals surface area contributed by atoms with E-state index in [0.29, 0.717) is 13.0 Å². The summed E-state index contributed by atoms with van der Waals surface area (Å²) in [6.45, 7) is 8.15. The molecule has 0 aliphatic carbocycles. The number of nitrogens with one attached hydrogen (secondary N) is 1. The van der Waals surface area contributed by atoms with Gasteiger partial charge in [-0.25, -0.2) is 4.98 Å². The van der Waals surface area contributed by atoms with Crippen LogP contribution >= 0.6 is 11.8 Å². The van der Waals surface area contributed by atoms with Gasteiger partial charge in [0.1, 0.15) is 10.6 Å². The van der Waals surface area contributed by atoms with Crippen molar-refractivity contribution in [2.75, 3.05) is 12.4 Å². The lowest BCUT2D eigenvalue weighted by Crippen LogP contribution is -2.53. The van der Waals surface area contributed by atoms with E-state index in [1.807, 2.05) is 27.7 Å². The fourth-order valence-corrected chi connectivity index (χ4v) is 2.87. The van der Waals surface area contributed by atoms with Crippen molar-refractivity contribution in [3.05, 3.63) is 18.6 Å². The van der Waals surface area contributed by atoms with Crippen LogP contribution in [0.4, 0.5) is 0 Å². The predicted molar refractivity (Wildman–Crippen MR) is 80.7 cm³/mol. The maximum absolute atomic E-state index is 12.1. The number of carbonyl (C=O) groups is 1. The van der Waals surface area contributed by atoms with Gasteiger partial charge in [-0.1, -0.05) is 0 Å². The van der Waals surface area contributed by atoms with Crippen molar-refractivity contribution in [1.29, 1.82) is 0 Å². The summed E-state index contributed by atoms with van der Waals surface area (Å²) in [7, 11) is 0. The number of ether oxygens (including phenoxy) is 1. The SMILES string of the molecule is CCOC(=O)C(C)(CCSc1cnccn1)NC(C)C. The number of esters is 1. The molecule has 1 aromatic heterocycles. The second-order valence-electron chi connectivity index (χ2n) is 4.99. The van der Waals surface area contributed by atoms with E-state index in [1.165, 1.54) is 0 Å². The van der Waals surface area contributed by atoms with E-state index in [1.54, 1.807) is 30.4 Å². The van der Waals surface area contributed by atoms with Crippen molar-refractivity contribution in [3.63, 3.8) is 0 Å². The van der Waals surface area contributed by atoms with Gasteiger partial charge in [-0.05, 0) is 34.1 Å². The largest absolute Gasteiger partial charge is 0.465 e. The summed E-state index contributed by atoms with van der Waals surface area (Å²) in [5.74, 6) is 0.571. The van der Waals surface area contributed by atoms with Gasteiger partial charge in [-0.3, -0.25) is 15.1 Å². The van der Waals surface area contributed by atoms with Crippen molar-refractivity contribution >= 4 is 17.7 Å². The highest BCUT2D eigenvalue weighted by atomic mass is 32.2. The number of nitrogens with zero attached hydrogens (tertiary/aromatic N) is 2. The molecule has 112 valence electrons. The highest BCUT2D eigenvalue weighted by Crippen LogP contribution is 2.21. The molecule has 0 aliphatic heterocycles. The average molecular weight is 297 g/mol. The molecule has 6 heteroatoms. The third-order valence-electron chi connectivity index (χ3n) is 2.72. The Morgan fingerprint density at radius 3 is 2.80 bits per heavy atom. The summed E-state index contributed by atoms with van der Waals surface area (Å²) >= 11 is 1.59. The number of aromatic nitrogens is 2. The summed E-state index contributed by atoms with van der Waals surface area (Å²) in [5, 5.41) is 4.17. The van der Waals surface area contributed by atoms with E-state index in [-0.39, 0.29) is 12.0 Å². The van der Waals surface area contributed by atoms with Gasteiger partial charge in [-0.2, -0.15) is 0 Å². The third-order valence-corrected chi connectivity index (χ3v) is 3.64. The Labute approximate surface area is 124 Å². The molecule has 0 saturated heterocycles. The average Bonchev–Trinajstić information content (AvgIpc) is 2.39. The fourth-order valence-electron chi connectivity index (χ4n) is 1.88. The van der Waals surface area contributed by atoms with Crippen molar-refractivity contribution in [3.8, 4) is 0 Å². The minimum Gasteiger partial charge on any atom is -0.465 e. The van der Waals surface area contributed by atoms with E-state index in [2.05, 4.69) is 15.3 Å². The van der Waals surface area contributed by atoms with E-state index in [9.17, 15) is 4.79 Å². The van der Waals surface area contributed by atoms with Crippen LogP contribution in [0.1, 0.15) is 34.1 Å². The smallest absolute Gasteiger partial charge is 0.326 e. The minimum absolute atomic E-state index is 0.201. The Morgan fingerprint density at radius 1 is 1.50 bits per heavy atom. The number of carbonyl (C=O) groups excluding carboxylic acids is 1. The molecule has 0 saturated carbocycles. The normalized spacial score (nSPS) is 14.1. The molecule has 0 amide bonds. The lowest BCUT2D eigenvalue weighted by molar-refractivity contribution is -0.150. The van der Waals surface area contributed by atoms with E-state index >= 15 is 0 Å². The van der Waals surface area contributed by atoms with Gasteiger partial charge in [-0.15, -0.1) is 11.8 Å². The van der Waals surface area contributed by atoms with Crippen LogP contribution in [-0.2, 0) is 9.53 Å². The highest BCUT2D eigenvalue weighted by Gasteiger charge is 2.34. The molecule has 20 heavy (non-hydrogen) atoms. The number of hydrogen-bond acceptors (Lipinski definition) is 6. The van der Waals surface area contributed by atoms with Crippen LogP contribution in [-0.4, -0.2) is 39.9 Å². The molecule has 0 fully saturated rings. The zero-order valence-corrected chi connectivity index (χ0v) is 13.4. The molecule has 0 bridgehead atoms. The Morgan fingerprint density at radius 2 is 2.25 bits per heavy atom. The summed E-state index contributed by atoms with van der Waals surface area (Å²) in [6.07, 6.45) is 5.71. The molecule has 1 rings (SSSR count). The molecule has 1 N–H and O–H groups in total. The van der Waals surface area contributed by atoms with Crippen LogP contribution < -0.4 is 5.32 Å². The number of thioether (sulfide) groups is 1. The van der Waals surface area contributed by atoms with Crippen LogP contribution in [0.3, 0.4) is 0 Å². The quantitative estimate of drug-likeness (QED) is 0.586. The molecule has 1 atom stereocenters. The first-order valence-electron chi connectivity index (χ1n) is 6.81. The first-order valence-corrected chi connectivity index (χ1v) is 7.80. The first kappa shape index (κ1) is 16.9. The van der Waals surface area contributed by atoms with Crippen LogP contribution in [0.15, 0.2) is 23.6 Å². The van der Waals surface area contributed by atoms with Gasteiger partial charge in [0.2, 0.25) is 0 Å². The fraction of sp³-hybridized carbons (Fsp3) is 0.643. The maximum atomic E-state index is 12.1. The van der Waals surface area contributed by atoms with Gasteiger partial charge in [0.25, 0.3) is 0 Å². The molecule has 0 aliphatic rings. The zero-order valence-electron chi connectivity index (χ0n) is 12.5. The van der Waals surface area contributed by atoms with Crippen molar-refractivity contribution in [2.45, 2.75) is 50.7 Å². The van der Waals surface area contributed by atoms with Crippen LogP contribution in [0.25, 0.3) is 0 Å². The van der Waals surface area contributed by atoms with Gasteiger partial charge in [0.15, 0.2) is 0 Å². The molecule has 0 radical (unpaired) electrons. The predicted octanol–water partition coefficient (Wildman–Crippen LogP) is 2.28. The van der Waals surface area contributed by atoms with Gasteiger partial charge in [0, 0.05) is 24.2 Å². The highest BCUT2D eigenvalue weighted by molar-refractivity contribution is 7.99. The summed E-state index contributed by atoms with van der Waals surface area (Å²) in [4.78, 5) is 20.3. The Bertz CT molecular complexity index is 414. The molecule has 5 nitrogen and oxygen atoms in total. The molecule has 1 aromatic rings. The third kappa shape index (κ3) is 5.46. The Kier molecular flexibility index (Phi) is 6.95. The molecule has 0 aromatic carbocycles. The van der Waals surface area contributed by atoms with Gasteiger partial charge >= 0.3 is 5.97 Å². The number of hydrogen-bond donors (Lipinski definition) is 1. The second-order valence-corrected chi connectivity index (χ2v) is 6.11. The molecule has 1 heterocycles. The molecular formula is C14H23N3O2S. The van der Waals surface area contributed by atoms with Crippen molar-refractivity contribution < 1.29 is 9.53 Å². The Hall–Kier alpha value is -1.14. The first-order chi connectivity index (χ1) is 9.48. The topological polar surface area (TPSA) is 64.1 Å². The van der Waals surface area contributed by atoms with E-state index < -0.39 is 5.54 Å². The standard InChI is InChI=1S/C14H23N3O2S/c1-5-19-13(18)14(4,17-11(2)3)6-9-20-12-10-15-7-8-16-12/h7-8,10-11,17H,5-6,9H2,1-4H3. The maximum Gasteiger partial charge on any atom is 0.326 e. The molecule has 1 unspecified atom stereocenters. The summed E-state index contributed by atoms with van der Waals surface area (Å²) in [6, 6.07) is 0.214. The van der Waals surface area contributed by atoms with E-state index in [4.69, 9.17) is 4.74 Å². The Balaban J connectivity index is 2.58. The number of rotatable bonds is 8. The van der Waals surface area contributed by atoms with Crippen LogP contribution in [0, 0.1) is 0 Å². The zero-order chi connectivity index (χ0) is 15.0. The van der Waals surface area contributed by atoms with Gasteiger partial charge in [0.05, 0.1) is 12.8 Å². The van der Waals surface area contributed by atoms with Crippen molar-refractivity contribution in [1.82, 2.24) is 15.3 Å². The molecular weight excluding hydrogens is 274 g/mol. The lowest BCUT2D eigenvalue weighted by Gasteiger charge is -2.30. The summed E-state index contributed by atoms with van der Waals surface area (Å²) in [5.41, 5.74) is -0.667. The van der Waals surface area contributed by atoms with E-state index in [0.717, 1.165) is 10.8 Å². The van der Waals surface area contributed by atoms with Crippen LogP contribution in [0.2, 0.25) is 0 Å². The second kappa shape index (κ2) is 8.21. The van der Waals surface area contributed by atoms with Gasteiger partial charge < -0.3 is 4.74 Å². The monoisotopic (exact) mass is 297 g/mol. The minimum atomic E-state index is -0.667.